The zero-order valence-electron chi connectivity index (χ0n) is 16.9. The van der Waals surface area contributed by atoms with Gasteiger partial charge in [-0.25, -0.2) is 4.98 Å². The molecule has 2 aliphatic rings. The van der Waals surface area contributed by atoms with Gasteiger partial charge in [0, 0.05) is 24.0 Å². The van der Waals surface area contributed by atoms with Gasteiger partial charge in [0.15, 0.2) is 0 Å². The van der Waals surface area contributed by atoms with Crippen LogP contribution in [0.2, 0.25) is 0 Å². The van der Waals surface area contributed by atoms with E-state index in [4.69, 9.17) is 19.2 Å². The van der Waals surface area contributed by atoms with Gasteiger partial charge in [-0.15, -0.1) is 5.10 Å². The van der Waals surface area contributed by atoms with E-state index in [1.807, 2.05) is 23.8 Å². The van der Waals surface area contributed by atoms with E-state index in [0.717, 1.165) is 5.39 Å². The Bertz CT molecular complexity index is 1110. The minimum absolute atomic E-state index is 0.00780. The molecule has 2 saturated heterocycles. The number of aryl methyl sites for hydroxylation is 1. The first-order valence-electron chi connectivity index (χ1n) is 10.1. The molecule has 5 rings (SSSR count). The molecule has 0 bridgehead atoms. The standard InChI is InChI=1S/C20H23N7O3/c1-3-26-7-16(19(25-26)30-15-9-29-10-15)23-20-22-6-13-4-14(5-21)27(18(13)24-20)17-11-28-8-12(17)2/h4,6-7,12,15,17H,3,8-11H2,1-2H3,(H,22,23,24)/t12-,17-/m0/s1. The molecule has 0 aliphatic carbocycles. The topological polar surface area (TPSA) is 112 Å². The van der Waals surface area contributed by atoms with Gasteiger partial charge < -0.3 is 24.1 Å². The number of aromatic nitrogens is 5. The van der Waals surface area contributed by atoms with E-state index in [9.17, 15) is 5.26 Å². The molecule has 5 heterocycles. The second-order valence-electron chi connectivity index (χ2n) is 7.67. The first-order valence-corrected chi connectivity index (χ1v) is 10.1. The molecule has 3 aromatic rings. The lowest BCUT2D eigenvalue weighted by Crippen LogP contribution is -2.38. The highest BCUT2D eigenvalue weighted by Crippen LogP contribution is 2.32. The minimum Gasteiger partial charge on any atom is -0.467 e. The molecule has 30 heavy (non-hydrogen) atoms. The maximum Gasteiger partial charge on any atom is 0.257 e. The molecule has 0 radical (unpaired) electrons. The van der Waals surface area contributed by atoms with E-state index in [2.05, 4.69) is 28.4 Å². The fraction of sp³-hybridized carbons (Fsp3) is 0.500. The molecule has 0 spiro atoms. The molecule has 3 aromatic heterocycles. The highest BCUT2D eigenvalue weighted by molar-refractivity contribution is 5.79. The van der Waals surface area contributed by atoms with Crippen molar-refractivity contribution in [3.8, 4) is 11.9 Å². The Kier molecular flexibility index (Phi) is 4.77. The maximum atomic E-state index is 9.64. The largest absolute Gasteiger partial charge is 0.467 e. The smallest absolute Gasteiger partial charge is 0.257 e. The Balaban J connectivity index is 1.50. The summed E-state index contributed by atoms with van der Waals surface area (Å²) in [5.41, 5.74) is 1.97. The number of nitriles is 1. The third kappa shape index (κ3) is 3.26. The highest BCUT2D eigenvalue weighted by atomic mass is 16.6. The molecule has 0 saturated carbocycles. The number of anilines is 2. The summed E-state index contributed by atoms with van der Waals surface area (Å²) in [6, 6.07) is 4.17. The third-order valence-electron chi connectivity index (χ3n) is 5.53. The van der Waals surface area contributed by atoms with Crippen LogP contribution < -0.4 is 10.1 Å². The van der Waals surface area contributed by atoms with E-state index in [0.29, 0.717) is 67.7 Å². The van der Waals surface area contributed by atoms with Crippen molar-refractivity contribution in [2.75, 3.05) is 31.7 Å². The van der Waals surface area contributed by atoms with Crippen molar-refractivity contribution in [3.05, 3.63) is 24.2 Å². The monoisotopic (exact) mass is 409 g/mol. The fourth-order valence-corrected chi connectivity index (χ4v) is 3.77. The molecule has 10 nitrogen and oxygen atoms in total. The molecular formula is C20H23N7O3. The summed E-state index contributed by atoms with van der Waals surface area (Å²) in [5.74, 6) is 1.22. The summed E-state index contributed by atoms with van der Waals surface area (Å²) in [4.78, 5) is 9.16. The zero-order chi connectivity index (χ0) is 20.7. The van der Waals surface area contributed by atoms with Crippen LogP contribution in [0.1, 0.15) is 25.6 Å². The van der Waals surface area contributed by atoms with E-state index < -0.39 is 0 Å². The molecule has 2 atom stereocenters. The Labute approximate surface area is 173 Å². The summed E-state index contributed by atoms with van der Waals surface area (Å²) in [6.07, 6.45) is 3.61. The fourth-order valence-electron chi connectivity index (χ4n) is 3.77. The molecule has 156 valence electrons. The van der Waals surface area contributed by atoms with Crippen molar-refractivity contribution in [2.24, 2.45) is 5.92 Å². The zero-order valence-corrected chi connectivity index (χ0v) is 16.9. The van der Waals surface area contributed by atoms with Crippen LogP contribution in [-0.2, 0) is 16.0 Å². The number of hydrogen-bond acceptors (Lipinski definition) is 8. The third-order valence-corrected chi connectivity index (χ3v) is 5.53. The second kappa shape index (κ2) is 7.59. The first kappa shape index (κ1) is 18.8. The van der Waals surface area contributed by atoms with Gasteiger partial charge >= 0.3 is 0 Å². The molecule has 2 aliphatic heterocycles. The molecular weight excluding hydrogens is 386 g/mol. The van der Waals surface area contributed by atoms with Crippen molar-refractivity contribution < 1.29 is 14.2 Å². The Morgan fingerprint density at radius 1 is 1.30 bits per heavy atom. The summed E-state index contributed by atoms with van der Waals surface area (Å²) in [5, 5.41) is 18.2. The summed E-state index contributed by atoms with van der Waals surface area (Å²) in [6.45, 7) is 7.21. The van der Waals surface area contributed by atoms with Gasteiger partial charge in [-0.05, 0) is 13.0 Å². The predicted octanol–water partition coefficient (Wildman–Crippen LogP) is 2.25. The lowest BCUT2D eigenvalue weighted by atomic mass is 10.1. The summed E-state index contributed by atoms with van der Waals surface area (Å²) < 4.78 is 20.5. The summed E-state index contributed by atoms with van der Waals surface area (Å²) in [7, 11) is 0. The maximum absolute atomic E-state index is 9.64. The van der Waals surface area contributed by atoms with Gasteiger partial charge in [-0.1, -0.05) is 6.92 Å². The van der Waals surface area contributed by atoms with E-state index in [-0.39, 0.29) is 12.1 Å². The van der Waals surface area contributed by atoms with Crippen LogP contribution in [0.3, 0.4) is 0 Å². The molecule has 1 N–H and O–H groups in total. The van der Waals surface area contributed by atoms with Crippen molar-refractivity contribution in [3.63, 3.8) is 0 Å². The number of nitrogens with one attached hydrogen (secondary N) is 1. The molecule has 0 amide bonds. The second-order valence-corrected chi connectivity index (χ2v) is 7.67. The van der Waals surface area contributed by atoms with Crippen molar-refractivity contribution >= 4 is 22.7 Å². The predicted molar refractivity (Wildman–Crippen MR) is 108 cm³/mol. The Morgan fingerprint density at radius 2 is 2.13 bits per heavy atom. The van der Waals surface area contributed by atoms with Gasteiger partial charge in [0.25, 0.3) is 5.88 Å². The van der Waals surface area contributed by atoms with Gasteiger partial charge in [-0.3, -0.25) is 4.68 Å². The van der Waals surface area contributed by atoms with E-state index >= 15 is 0 Å². The lowest BCUT2D eigenvalue weighted by molar-refractivity contribution is -0.0812. The van der Waals surface area contributed by atoms with Gasteiger partial charge in [0.1, 0.15) is 29.2 Å². The number of fused-ring (bicyclic) bond motifs is 1. The van der Waals surface area contributed by atoms with Crippen LogP contribution in [0.25, 0.3) is 11.0 Å². The van der Waals surface area contributed by atoms with Crippen LogP contribution in [-0.4, -0.2) is 56.8 Å². The number of hydrogen-bond donors (Lipinski definition) is 1. The van der Waals surface area contributed by atoms with E-state index in [1.54, 1.807) is 10.9 Å². The average Bonchev–Trinajstić information content (AvgIpc) is 3.40. The van der Waals surface area contributed by atoms with Crippen LogP contribution in [0.4, 0.5) is 11.6 Å². The number of ether oxygens (including phenoxy) is 3. The van der Waals surface area contributed by atoms with Crippen molar-refractivity contribution in [1.82, 2.24) is 24.3 Å². The quantitative estimate of drug-likeness (QED) is 0.660. The first-order chi connectivity index (χ1) is 14.7. The minimum atomic E-state index is 0.00780. The molecule has 0 aromatic carbocycles. The number of rotatable bonds is 6. The van der Waals surface area contributed by atoms with Crippen LogP contribution >= 0.6 is 0 Å². The molecule has 2 fully saturated rings. The van der Waals surface area contributed by atoms with Crippen molar-refractivity contribution in [1.29, 1.82) is 5.26 Å². The number of nitrogens with zero attached hydrogens (tertiary/aromatic N) is 6. The Morgan fingerprint density at radius 3 is 2.80 bits per heavy atom. The van der Waals surface area contributed by atoms with Gasteiger partial charge in [0.05, 0.1) is 38.7 Å². The SMILES string of the molecule is CCn1cc(Nc2ncc3cc(C#N)n([C@H]4COC[C@@H]4C)c3n2)c(OC2COC2)n1. The van der Waals surface area contributed by atoms with Crippen molar-refractivity contribution in [2.45, 2.75) is 32.5 Å². The van der Waals surface area contributed by atoms with Crippen LogP contribution in [0.5, 0.6) is 5.88 Å². The van der Waals surface area contributed by atoms with E-state index in [1.165, 1.54) is 0 Å². The van der Waals surface area contributed by atoms with Crippen LogP contribution in [0, 0.1) is 17.2 Å². The van der Waals surface area contributed by atoms with Gasteiger partial charge in [0.2, 0.25) is 5.95 Å². The lowest BCUT2D eigenvalue weighted by Gasteiger charge is -2.25. The summed E-state index contributed by atoms with van der Waals surface area (Å²) >= 11 is 0. The van der Waals surface area contributed by atoms with Gasteiger partial charge in [-0.2, -0.15) is 10.2 Å². The van der Waals surface area contributed by atoms with Crippen LogP contribution in [0.15, 0.2) is 18.5 Å². The molecule has 10 heteroatoms. The molecule has 0 unspecified atom stereocenters. The highest BCUT2D eigenvalue weighted by Gasteiger charge is 2.30. The normalized spacial score (nSPS) is 21.5. The average molecular weight is 409 g/mol. The Hall–Kier alpha value is -3.16.